The predicted molar refractivity (Wildman–Crippen MR) is 53.1 cm³/mol. The maximum atomic E-state index is 12.8. The fourth-order valence-corrected chi connectivity index (χ4v) is 1.38. The van der Waals surface area contributed by atoms with Gasteiger partial charge in [0.05, 0.1) is 17.5 Å². The molecule has 78 valence electrons. The molecule has 0 unspecified atom stereocenters. The van der Waals surface area contributed by atoms with Crippen molar-refractivity contribution in [1.29, 1.82) is 0 Å². The van der Waals surface area contributed by atoms with Crippen LogP contribution in [0.5, 0.6) is 0 Å². The first kappa shape index (κ1) is 9.79. The number of fused-ring (bicyclic) bond motifs is 1. The highest BCUT2D eigenvalue weighted by Gasteiger charge is 2.04. The van der Waals surface area contributed by atoms with Crippen LogP contribution in [0.4, 0.5) is 4.39 Å². The number of nitrogens with one attached hydrogen (secondary N) is 1. The second-order valence-electron chi connectivity index (χ2n) is 3.15. The number of H-pyrrole nitrogens is 1. The molecule has 2 N–H and O–H groups in total. The van der Waals surface area contributed by atoms with Crippen LogP contribution >= 0.6 is 0 Å². The zero-order chi connectivity index (χ0) is 10.8. The summed E-state index contributed by atoms with van der Waals surface area (Å²) in [5, 5.41) is 8.92. The molecule has 0 radical (unpaired) electrons. The van der Waals surface area contributed by atoms with Gasteiger partial charge in [-0.25, -0.2) is 9.37 Å². The molecule has 2 rings (SSSR count). The molecule has 0 amide bonds. The first-order valence-electron chi connectivity index (χ1n) is 4.50. The van der Waals surface area contributed by atoms with Crippen LogP contribution in [-0.4, -0.2) is 21.7 Å². The Bertz CT molecular complexity index is 551. The number of rotatable bonds is 2. The molecule has 0 aliphatic heterocycles. The molecule has 2 aromatic rings. The van der Waals surface area contributed by atoms with Gasteiger partial charge in [0.15, 0.2) is 0 Å². The summed E-state index contributed by atoms with van der Waals surface area (Å²) in [7, 11) is 0. The van der Waals surface area contributed by atoms with Gasteiger partial charge < -0.3 is 10.1 Å². The summed E-state index contributed by atoms with van der Waals surface area (Å²) in [4.78, 5) is 18.1. The van der Waals surface area contributed by atoms with E-state index in [4.69, 9.17) is 5.11 Å². The van der Waals surface area contributed by atoms with Crippen LogP contribution in [0.3, 0.4) is 0 Å². The van der Waals surface area contributed by atoms with Crippen LogP contribution in [0.2, 0.25) is 0 Å². The largest absolute Gasteiger partial charge is 0.396 e. The van der Waals surface area contributed by atoms with E-state index < -0.39 is 5.82 Å². The molecular formula is C10H9FN2O2. The molecule has 1 aromatic heterocycles. The standard InChI is InChI=1S/C10H9FN2O2/c11-6-1-2-8-7(5-6)10(15)13-9(12-8)3-4-14/h1-2,5,14H,3-4H2,(H,12,13,15). The highest BCUT2D eigenvalue weighted by molar-refractivity contribution is 5.77. The monoisotopic (exact) mass is 208 g/mol. The number of halogens is 1. The second kappa shape index (κ2) is 3.78. The van der Waals surface area contributed by atoms with Crippen molar-refractivity contribution in [1.82, 2.24) is 9.97 Å². The van der Waals surface area contributed by atoms with Gasteiger partial charge in [-0.15, -0.1) is 0 Å². The Kier molecular flexibility index (Phi) is 2.47. The maximum Gasteiger partial charge on any atom is 0.258 e. The zero-order valence-corrected chi connectivity index (χ0v) is 7.83. The minimum Gasteiger partial charge on any atom is -0.396 e. The van der Waals surface area contributed by atoms with Crippen molar-refractivity contribution in [2.75, 3.05) is 6.61 Å². The highest BCUT2D eigenvalue weighted by atomic mass is 19.1. The Labute approximate surface area is 84.4 Å². The summed E-state index contributed by atoms with van der Waals surface area (Å²) in [6, 6.07) is 3.84. The van der Waals surface area contributed by atoms with Crippen molar-refractivity contribution in [3.05, 3.63) is 40.2 Å². The molecule has 0 atom stereocenters. The number of aromatic nitrogens is 2. The Morgan fingerprint density at radius 3 is 3.00 bits per heavy atom. The Morgan fingerprint density at radius 1 is 1.47 bits per heavy atom. The van der Waals surface area contributed by atoms with E-state index >= 15 is 0 Å². The van der Waals surface area contributed by atoms with E-state index in [2.05, 4.69) is 9.97 Å². The molecule has 1 aromatic carbocycles. The topological polar surface area (TPSA) is 66.0 Å². The molecule has 0 fully saturated rings. The Balaban J connectivity index is 2.67. The highest BCUT2D eigenvalue weighted by Crippen LogP contribution is 2.08. The molecule has 1 heterocycles. The molecule has 0 saturated carbocycles. The summed E-state index contributed by atoms with van der Waals surface area (Å²) in [5.41, 5.74) is 0.0477. The van der Waals surface area contributed by atoms with Crippen LogP contribution in [0.1, 0.15) is 5.82 Å². The number of benzene rings is 1. The second-order valence-corrected chi connectivity index (χ2v) is 3.15. The number of hydrogen-bond acceptors (Lipinski definition) is 3. The summed E-state index contributed by atoms with van der Waals surface area (Å²) >= 11 is 0. The van der Waals surface area contributed by atoms with E-state index in [-0.39, 0.29) is 24.0 Å². The van der Waals surface area contributed by atoms with Gasteiger partial charge in [0.25, 0.3) is 5.56 Å². The third-order valence-electron chi connectivity index (χ3n) is 2.07. The van der Waals surface area contributed by atoms with Crippen molar-refractivity contribution >= 4 is 10.9 Å². The van der Waals surface area contributed by atoms with Gasteiger partial charge in [-0.1, -0.05) is 0 Å². The van der Waals surface area contributed by atoms with Gasteiger partial charge in [0.1, 0.15) is 11.6 Å². The molecule has 0 spiro atoms. The molecule has 4 nitrogen and oxygen atoms in total. The fraction of sp³-hybridized carbons (Fsp3) is 0.200. The number of aliphatic hydroxyl groups is 1. The lowest BCUT2D eigenvalue weighted by Crippen LogP contribution is -2.13. The van der Waals surface area contributed by atoms with Crippen LogP contribution in [0, 0.1) is 5.82 Å². The summed E-state index contributed by atoms with van der Waals surface area (Å²) < 4.78 is 12.8. The maximum absolute atomic E-state index is 12.8. The van der Waals surface area contributed by atoms with Crippen molar-refractivity contribution in [3.63, 3.8) is 0 Å². The van der Waals surface area contributed by atoms with E-state index in [1.54, 1.807) is 0 Å². The lowest BCUT2D eigenvalue weighted by molar-refractivity contribution is 0.296. The first-order chi connectivity index (χ1) is 7.20. The quantitative estimate of drug-likeness (QED) is 0.759. The normalized spacial score (nSPS) is 10.8. The smallest absolute Gasteiger partial charge is 0.258 e. The number of hydrogen-bond donors (Lipinski definition) is 2. The van der Waals surface area contributed by atoms with Crippen LogP contribution in [0.15, 0.2) is 23.0 Å². The van der Waals surface area contributed by atoms with Gasteiger partial charge >= 0.3 is 0 Å². The predicted octanol–water partition coefficient (Wildman–Crippen LogP) is 0.597. The molecule has 0 saturated heterocycles. The minimum absolute atomic E-state index is 0.0877. The van der Waals surface area contributed by atoms with Crippen molar-refractivity contribution in [2.24, 2.45) is 0 Å². The van der Waals surface area contributed by atoms with Crippen LogP contribution in [0.25, 0.3) is 10.9 Å². The van der Waals surface area contributed by atoms with Gasteiger partial charge in [-0.2, -0.15) is 0 Å². The average Bonchev–Trinajstić information content (AvgIpc) is 2.20. The fourth-order valence-electron chi connectivity index (χ4n) is 1.38. The molecular weight excluding hydrogens is 199 g/mol. The summed E-state index contributed by atoms with van der Waals surface area (Å²) in [6.45, 7) is -0.0877. The van der Waals surface area contributed by atoms with Gasteiger partial charge in [-0.05, 0) is 18.2 Å². The molecule has 5 heteroatoms. The van der Waals surface area contributed by atoms with Gasteiger partial charge in [-0.3, -0.25) is 4.79 Å². The van der Waals surface area contributed by atoms with E-state index in [1.807, 2.05) is 0 Å². The Hall–Kier alpha value is -1.75. The SMILES string of the molecule is O=c1[nH]c(CCO)nc2ccc(F)cc12. The molecule has 15 heavy (non-hydrogen) atoms. The third-order valence-corrected chi connectivity index (χ3v) is 2.07. The molecule has 0 aliphatic rings. The van der Waals surface area contributed by atoms with Crippen molar-refractivity contribution < 1.29 is 9.50 Å². The number of aliphatic hydroxyl groups excluding tert-OH is 1. The number of nitrogens with zero attached hydrogens (tertiary/aromatic N) is 1. The first-order valence-corrected chi connectivity index (χ1v) is 4.50. The van der Waals surface area contributed by atoms with E-state index in [9.17, 15) is 9.18 Å². The molecule has 0 bridgehead atoms. The third kappa shape index (κ3) is 1.87. The van der Waals surface area contributed by atoms with Crippen LogP contribution in [-0.2, 0) is 6.42 Å². The average molecular weight is 208 g/mol. The lowest BCUT2D eigenvalue weighted by atomic mass is 10.2. The zero-order valence-electron chi connectivity index (χ0n) is 7.83. The van der Waals surface area contributed by atoms with Gasteiger partial charge in [0.2, 0.25) is 0 Å². The van der Waals surface area contributed by atoms with Gasteiger partial charge in [0, 0.05) is 6.42 Å². The van der Waals surface area contributed by atoms with E-state index in [0.29, 0.717) is 11.3 Å². The van der Waals surface area contributed by atoms with Crippen LogP contribution < -0.4 is 5.56 Å². The van der Waals surface area contributed by atoms with Crippen molar-refractivity contribution in [2.45, 2.75) is 6.42 Å². The van der Waals surface area contributed by atoms with Crippen molar-refractivity contribution in [3.8, 4) is 0 Å². The Morgan fingerprint density at radius 2 is 2.27 bits per heavy atom. The van der Waals surface area contributed by atoms with E-state index in [0.717, 1.165) is 6.07 Å². The summed E-state index contributed by atoms with van der Waals surface area (Å²) in [5.74, 6) is -0.0636. The lowest BCUT2D eigenvalue weighted by Gasteiger charge is -2.00. The summed E-state index contributed by atoms with van der Waals surface area (Å²) in [6.07, 6.45) is 0.280. The molecule has 0 aliphatic carbocycles. The number of aromatic amines is 1. The minimum atomic E-state index is -0.468. The van der Waals surface area contributed by atoms with E-state index in [1.165, 1.54) is 12.1 Å².